The van der Waals surface area contributed by atoms with Crippen molar-refractivity contribution in [1.82, 2.24) is 5.32 Å². The van der Waals surface area contributed by atoms with Gasteiger partial charge in [-0.25, -0.2) is 4.39 Å². The average molecular weight is 222 g/mol. The van der Waals surface area contributed by atoms with Crippen LogP contribution in [0.25, 0.3) is 0 Å². The molecule has 0 aromatic heterocycles. The molecule has 1 aromatic rings. The van der Waals surface area contributed by atoms with E-state index in [0.717, 1.165) is 24.3 Å². The van der Waals surface area contributed by atoms with Crippen molar-refractivity contribution < 1.29 is 4.39 Å². The molecule has 1 aliphatic heterocycles. The first-order valence-electron chi connectivity index (χ1n) is 5.84. The first-order chi connectivity index (χ1) is 7.58. The summed E-state index contributed by atoms with van der Waals surface area (Å²) in [7, 11) is 0. The average Bonchev–Trinajstić information content (AvgIpc) is 2.26. The van der Waals surface area contributed by atoms with Gasteiger partial charge < -0.3 is 10.2 Å². The fraction of sp³-hybridized carbons (Fsp3) is 0.538. The minimum Gasteiger partial charge on any atom is -0.366 e. The van der Waals surface area contributed by atoms with Gasteiger partial charge in [-0.15, -0.1) is 0 Å². The molecule has 3 heteroatoms. The molecular weight excluding hydrogens is 203 g/mol. The number of benzene rings is 1. The van der Waals surface area contributed by atoms with Gasteiger partial charge in [0.15, 0.2) is 0 Å². The topological polar surface area (TPSA) is 15.3 Å². The molecule has 1 heterocycles. The van der Waals surface area contributed by atoms with Gasteiger partial charge in [-0.2, -0.15) is 0 Å². The summed E-state index contributed by atoms with van der Waals surface area (Å²) < 4.78 is 13.2. The van der Waals surface area contributed by atoms with Gasteiger partial charge in [-0.1, -0.05) is 0 Å². The number of rotatable bonds is 1. The van der Waals surface area contributed by atoms with E-state index in [1.165, 1.54) is 0 Å². The van der Waals surface area contributed by atoms with Crippen LogP contribution in [0.15, 0.2) is 18.2 Å². The van der Waals surface area contributed by atoms with E-state index in [-0.39, 0.29) is 5.82 Å². The van der Waals surface area contributed by atoms with E-state index in [1.807, 2.05) is 19.1 Å². The molecule has 0 radical (unpaired) electrons. The zero-order chi connectivity index (χ0) is 11.7. The van der Waals surface area contributed by atoms with Crippen molar-refractivity contribution in [1.29, 1.82) is 0 Å². The molecule has 0 spiro atoms. The van der Waals surface area contributed by atoms with E-state index in [4.69, 9.17) is 0 Å². The van der Waals surface area contributed by atoms with Crippen LogP contribution < -0.4 is 10.2 Å². The molecule has 0 bridgehead atoms. The summed E-state index contributed by atoms with van der Waals surface area (Å²) in [5, 5.41) is 3.44. The van der Waals surface area contributed by atoms with Crippen LogP contribution in [0.3, 0.4) is 0 Å². The van der Waals surface area contributed by atoms with Crippen LogP contribution >= 0.6 is 0 Å². The summed E-state index contributed by atoms with van der Waals surface area (Å²) >= 11 is 0. The van der Waals surface area contributed by atoms with Gasteiger partial charge >= 0.3 is 0 Å². The fourth-order valence-electron chi connectivity index (χ4n) is 2.19. The molecule has 2 nitrogen and oxygen atoms in total. The van der Waals surface area contributed by atoms with E-state index in [9.17, 15) is 4.39 Å². The molecule has 88 valence electrons. The lowest BCUT2D eigenvalue weighted by Gasteiger charge is -2.39. The molecular formula is C13H19FN2. The second-order valence-electron chi connectivity index (χ2n) is 4.74. The number of nitrogens with one attached hydrogen (secondary N) is 1. The number of hydrogen-bond acceptors (Lipinski definition) is 2. The molecule has 2 rings (SSSR count). The fourth-order valence-corrected chi connectivity index (χ4v) is 2.19. The minimum atomic E-state index is -0.125. The second kappa shape index (κ2) is 4.42. The summed E-state index contributed by atoms with van der Waals surface area (Å²) in [6.45, 7) is 8.14. The first kappa shape index (κ1) is 11.4. The highest BCUT2D eigenvalue weighted by Gasteiger charge is 2.22. The van der Waals surface area contributed by atoms with Crippen LogP contribution in [0.1, 0.15) is 19.4 Å². The summed E-state index contributed by atoms with van der Waals surface area (Å²) in [6.07, 6.45) is 0. The maximum Gasteiger partial charge on any atom is 0.126 e. The largest absolute Gasteiger partial charge is 0.366 e. The van der Waals surface area contributed by atoms with Crippen LogP contribution in [-0.4, -0.2) is 25.2 Å². The van der Waals surface area contributed by atoms with Crippen molar-refractivity contribution >= 4 is 5.69 Å². The molecule has 2 unspecified atom stereocenters. The number of aryl methyl sites for hydroxylation is 1. The maximum atomic E-state index is 13.2. The third kappa shape index (κ3) is 2.19. The van der Waals surface area contributed by atoms with Crippen molar-refractivity contribution in [3.05, 3.63) is 29.6 Å². The highest BCUT2D eigenvalue weighted by Crippen LogP contribution is 2.22. The lowest BCUT2D eigenvalue weighted by atomic mass is 10.1. The Labute approximate surface area is 96.5 Å². The Kier molecular flexibility index (Phi) is 3.15. The lowest BCUT2D eigenvalue weighted by Crippen LogP contribution is -2.54. The molecule has 1 fully saturated rings. The molecule has 16 heavy (non-hydrogen) atoms. The smallest absolute Gasteiger partial charge is 0.126 e. The molecule has 0 amide bonds. The number of hydrogen-bond donors (Lipinski definition) is 1. The van der Waals surface area contributed by atoms with Gasteiger partial charge in [0, 0.05) is 30.9 Å². The predicted octanol–water partition coefficient (Wildman–Crippen LogP) is 2.32. The van der Waals surface area contributed by atoms with Gasteiger partial charge in [0.1, 0.15) is 5.82 Å². The van der Waals surface area contributed by atoms with Crippen molar-refractivity contribution in [3.63, 3.8) is 0 Å². The SMILES string of the molecule is Cc1cc(N2CC(C)NCC2C)ccc1F. The molecule has 1 saturated heterocycles. The van der Waals surface area contributed by atoms with Crippen LogP contribution in [-0.2, 0) is 0 Å². The van der Waals surface area contributed by atoms with Crippen molar-refractivity contribution in [2.75, 3.05) is 18.0 Å². The van der Waals surface area contributed by atoms with Crippen molar-refractivity contribution in [2.24, 2.45) is 0 Å². The van der Waals surface area contributed by atoms with Gasteiger partial charge in [0.25, 0.3) is 0 Å². The zero-order valence-corrected chi connectivity index (χ0v) is 10.1. The maximum absolute atomic E-state index is 13.2. The van der Waals surface area contributed by atoms with Gasteiger partial charge in [-0.05, 0) is 44.5 Å². The Hall–Kier alpha value is -1.09. The van der Waals surface area contributed by atoms with Crippen LogP contribution in [0.4, 0.5) is 10.1 Å². The lowest BCUT2D eigenvalue weighted by molar-refractivity contribution is 0.425. The first-order valence-corrected chi connectivity index (χ1v) is 5.84. The quantitative estimate of drug-likeness (QED) is 0.784. The Morgan fingerprint density at radius 3 is 2.81 bits per heavy atom. The van der Waals surface area contributed by atoms with E-state index >= 15 is 0 Å². The van der Waals surface area contributed by atoms with Crippen LogP contribution in [0.5, 0.6) is 0 Å². The third-order valence-electron chi connectivity index (χ3n) is 3.24. The number of anilines is 1. The van der Waals surface area contributed by atoms with E-state index in [0.29, 0.717) is 12.1 Å². The Morgan fingerprint density at radius 2 is 2.12 bits per heavy atom. The summed E-state index contributed by atoms with van der Waals surface area (Å²) in [4.78, 5) is 2.34. The number of halogens is 1. The van der Waals surface area contributed by atoms with Gasteiger partial charge in [0.2, 0.25) is 0 Å². The van der Waals surface area contributed by atoms with Gasteiger partial charge in [-0.3, -0.25) is 0 Å². The van der Waals surface area contributed by atoms with Gasteiger partial charge in [0.05, 0.1) is 0 Å². The summed E-state index contributed by atoms with van der Waals surface area (Å²) in [5.74, 6) is -0.125. The van der Waals surface area contributed by atoms with Crippen molar-refractivity contribution in [3.8, 4) is 0 Å². The second-order valence-corrected chi connectivity index (χ2v) is 4.74. The summed E-state index contributed by atoms with van der Waals surface area (Å²) in [5.41, 5.74) is 1.84. The molecule has 1 aromatic carbocycles. The van der Waals surface area contributed by atoms with Crippen molar-refractivity contribution in [2.45, 2.75) is 32.9 Å². The normalized spacial score (nSPS) is 25.9. The van der Waals surface area contributed by atoms with E-state index < -0.39 is 0 Å². The van der Waals surface area contributed by atoms with Crippen LogP contribution in [0, 0.1) is 12.7 Å². The highest BCUT2D eigenvalue weighted by atomic mass is 19.1. The standard InChI is InChI=1S/C13H19FN2/c1-9-6-12(4-5-13(9)14)16-8-10(2)15-7-11(16)3/h4-6,10-11,15H,7-8H2,1-3H3. The zero-order valence-electron chi connectivity index (χ0n) is 10.1. The van der Waals surface area contributed by atoms with E-state index in [1.54, 1.807) is 6.07 Å². The number of piperazine rings is 1. The number of nitrogens with zero attached hydrogens (tertiary/aromatic N) is 1. The predicted molar refractivity (Wildman–Crippen MR) is 65.4 cm³/mol. The molecule has 0 aliphatic carbocycles. The molecule has 1 aliphatic rings. The van der Waals surface area contributed by atoms with Crippen LogP contribution in [0.2, 0.25) is 0 Å². The molecule has 1 N–H and O–H groups in total. The monoisotopic (exact) mass is 222 g/mol. The minimum absolute atomic E-state index is 0.125. The Bertz CT molecular complexity index is 378. The highest BCUT2D eigenvalue weighted by molar-refractivity contribution is 5.50. The molecule has 0 saturated carbocycles. The Morgan fingerprint density at radius 1 is 1.38 bits per heavy atom. The third-order valence-corrected chi connectivity index (χ3v) is 3.24. The summed E-state index contributed by atoms with van der Waals surface area (Å²) in [6, 6.07) is 6.31. The van der Waals surface area contributed by atoms with E-state index in [2.05, 4.69) is 24.1 Å². The Balaban J connectivity index is 2.24. The molecule has 2 atom stereocenters.